The second kappa shape index (κ2) is 10.6. The first kappa shape index (κ1) is 24.2. The molecule has 2 aromatic carbocycles. The number of likely N-dealkylation sites (tertiary alicyclic amines) is 1. The van der Waals surface area contributed by atoms with Crippen molar-refractivity contribution in [2.75, 3.05) is 44.2 Å². The standard InChI is InChI=1S/C25H31N3O5S/c1-20-8-5-6-13-28(20)24(29)19-33-25(30)21-9-7-12-23(18-21)34(31,32)27-16-14-26(15-17-27)22-10-3-2-4-11-22/h2-4,7,9-12,18,20H,5-6,8,13-17,19H2,1H3/t20-/m0/s1. The van der Waals surface area contributed by atoms with E-state index < -0.39 is 16.0 Å². The van der Waals surface area contributed by atoms with E-state index in [9.17, 15) is 18.0 Å². The fraction of sp³-hybridized carbons (Fsp3) is 0.440. The lowest BCUT2D eigenvalue weighted by molar-refractivity contribution is -0.137. The van der Waals surface area contributed by atoms with Crippen LogP contribution in [0.15, 0.2) is 59.5 Å². The predicted molar refractivity (Wildman–Crippen MR) is 129 cm³/mol. The molecule has 4 rings (SSSR count). The molecule has 2 heterocycles. The molecule has 2 aromatic rings. The molecule has 1 atom stereocenters. The Balaban J connectivity index is 1.37. The zero-order chi connectivity index (χ0) is 24.1. The molecular formula is C25H31N3O5S. The van der Waals surface area contributed by atoms with Crippen LogP contribution in [0.4, 0.5) is 5.69 Å². The molecule has 2 fully saturated rings. The van der Waals surface area contributed by atoms with E-state index in [1.165, 1.54) is 28.6 Å². The molecule has 0 bridgehead atoms. The summed E-state index contributed by atoms with van der Waals surface area (Å²) in [5.41, 5.74) is 1.18. The van der Waals surface area contributed by atoms with Crippen molar-refractivity contribution >= 4 is 27.6 Å². The highest BCUT2D eigenvalue weighted by Crippen LogP contribution is 2.22. The Labute approximate surface area is 201 Å². The fourth-order valence-electron chi connectivity index (χ4n) is 4.52. The predicted octanol–water partition coefficient (Wildman–Crippen LogP) is 2.76. The number of sulfonamides is 1. The van der Waals surface area contributed by atoms with Crippen molar-refractivity contribution in [3.05, 3.63) is 60.2 Å². The lowest BCUT2D eigenvalue weighted by atomic mass is 10.0. The van der Waals surface area contributed by atoms with Gasteiger partial charge in [0, 0.05) is 44.5 Å². The summed E-state index contributed by atoms with van der Waals surface area (Å²) in [5.74, 6) is -0.926. The number of ether oxygens (including phenoxy) is 1. The van der Waals surface area contributed by atoms with Gasteiger partial charge < -0.3 is 14.5 Å². The van der Waals surface area contributed by atoms with Crippen LogP contribution >= 0.6 is 0 Å². The Morgan fingerprint density at radius 3 is 2.38 bits per heavy atom. The summed E-state index contributed by atoms with van der Waals surface area (Å²) in [5, 5.41) is 0. The number of amides is 1. The van der Waals surface area contributed by atoms with Gasteiger partial charge in [-0.3, -0.25) is 4.79 Å². The van der Waals surface area contributed by atoms with Crippen LogP contribution in [0.25, 0.3) is 0 Å². The van der Waals surface area contributed by atoms with Crippen LogP contribution in [0.1, 0.15) is 36.5 Å². The average Bonchev–Trinajstić information content (AvgIpc) is 2.88. The summed E-state index contributed by atoms with van der Waals surface area (Å²) in [6, 6.07) is 15.9. The summed E-state index contributed by atoms with van der Waals surface area (Å²) in [7, 11) is -3.76. The van der Waals surface area contributed by atoms with Crippen molar-refractivity contribution in [3.63, 3.8) is 0 Å². The summed E-state index contributed by atoms with van der Waals surface area (Å²) >= 11 is 0. The fourth-order valence-corrected chi connectivity index (χ4v) is 5.99. The number of piperidine rings is 1. The molecule has 0 unspecified atom stereocenters. The molecule has 0 N–H and O–H groups in total. The topological polar surface area (TPSA) is 87.2 Å². The third kappa shape index (κ3) is 5.42. The molecular weight excluding hydrogens is 454 g/mol. The van der Waals surface area contributed by atoms with Crippen LogP contribution in [0.2, 0.25) is 0 Å². The van der Waals surface area contributed by atoms with Gasteiger partial charge in [0.15, 0.2) is 6.61 Å². The molecule has 182 valence electrons. The summed E-state index contributed by atoms with van der Waals surface area (Å²) in [6.07, 6.45) is 2.98. The molecule has 2 saturated heterocycles. The molecule has 0 aromatic heterocycles. The first-order valence-corrected chi connectivity index (χ1v) is 13.2. The highest BCUT2D eigenvalue weighted by molar-refractivity contribution is 7.89. The molecule has 0 saturated carbocycles. The Morgan fingerprint density at radius 1 is 0.941 bits per heavy atom. The van der Waals surface area contributed by atoms with Gasteiger partial charge in [0.2, 0.25) is 10.0 Å². The van der Waals surface area contributed by atoms with Crippen LogP contribution in [0.3, 0.4) is 0 Å². The third-order valence-corrected chi connectivity index (χ3v) is 8.41. The maximum atomic E-state index is 13.2. The van der Waals surface area contributed by atoms with Crippen molar-refractivity contribution in [2.45, 2.75) is 37.1 Å². The highest BCUT2D eigenvalue weighted by atomic mass is 32.2. The van der Waals surface area contributed by atoms with Gasteiger partial charge in [-0.1, -0.05) is 24.3 Å². The number of para-hydroxylation sites is 1. The zero-order valence-electron chi connectivity index (χ0n) is 19.4. The maximum Gasteiger partial charge on any atom is 0.338 e. The van der Waals surface area contributed by atoms with Crippen LogP contribution < -0.4 is 4.90 Å². The van der Waals surface area contributed by atoms with E-state index in [0.29, 0.717) is 32.7 Å². The van der Waals surface area contributed by atoms with Gasteiger partial charge in [-0.25, -0.2) is 13.2 Å². The molecule has 1 amide bonds. The smallest absolute Gasteiger partial charge is 0.338 e. The number of nitrogens with zero attached hydrogens (tertiary/aromatic N) is 3. The number of rotatable bonds is 6. The Bertz CT molecular complexity index is 1110. The van der Waals surface area contributed by atoms with Crippen molar-refractivity contribution in [3.8, 4) is 0 Å². The molecule has 0 radical (unpaired) electrons. The number of anilines is 1. The quantitative estimate of drug-likeness (QED) is 0.585. The molecule has 8 nitrogen and oxygen atoms in total. The van der Waals surface area contributed by atoms with Crippen LogP contribution in [-0.2, 0) is 19.6 Å². The van der Waals surface area contributed by atoms with Gasteiger partial charge >= 0.3 is 5.97 Å². The first-order valence-electron chi connectivity index (χ1n) is 11.7. The van der Waals surface area contributed by atoms with E-state index >= 15 is 0 Å². The summed E-state index contributed by atoms with van der Waals surface area (Å²) < 4.78 is 33.1. The number of benzene rings is 2. The van der Waals surface area contributed by atoms with E-state index in [1.807, 2.05) is 37.3 Å². The highest BCUT2D eigenvalue weighted by Gasteiger charge is 2.29. The number of carbonyl (C=O) groups is 2. The lowest BCUT2D eigenvalue weighted by Crippen LogP contribution is -2.48. The van der Waals surface area contributed by atoms with E-state index in [-0.39, 0.29) is 29.0 Å². The number of piperazine rings is 1. The second-order valence-electron chi connectivity index (χ2n) is 8.76. The van der Waals surface area contributed by atoms with Crippen LogP contribution in [-0.4, -0.2) is 74.9 Å². The minimum atomic E-state index is -3.76. The van der Waals surface area contributed by atoms with Gasteiger partial charge in [-0.15, -0.1) is 0 Å². The normalized spacial score (nSPS) is 19.6. The number of carbonyl (C=O) groups excluding carboxylic acids is 2. The lowest BCUT2D eigenvalue weighted by Gasteiger charge is -2.35. The number of hydrogen-bond donors (Lipinski definition) is 0. The molecule has 2 aliphatic heterocycles. The molecule has 0 spiro atoms. The van der Waals surface area contributed by atoms with Crippen molar-refractivity contribution in [1.82, 2.24) is 9.21 Å². The van der Waals surface area contributed by atoms with E-state index in [4.69, 9.17) is 4.74 Å². The monoisotopic (exact) mass is 485 g/mol. The zero-order valence-corrected chi connectivity index (χ0v) is 20.2. The first-order chi connectivity index (χ1) is 16.4. The van der Waals surface area contributed by atoms with E-state index in [0.717, 1.165) is 24.9 Å². The number of esters is 1. The Kier molecular flexibility index (Phi) is 7.53. The Hall–Kier alpha value is -2.91. The molecule has 9 heteroatoms. The SMILES string of the molecule is C[C@H]1CCCCN1C(=O)COC(=O)c1cccc(S(=O)(=O)N2CCN(c3ccccc3)CC2)c1. The molecule has 2 aliphatic rings. The van der Waals surface area contributed by atoms with Gasteiger partial charge in [-0.05, 0) is 56.5 Å². The van der Waals surface area contributed by atoms with Gasteiger partial charge in [-0.2, -0.15) is 4.31 Å². The van der Waals surface area contributed by atoms with E-state index in [1.54, 1.807) is 4.90 Å². The minimum Gasteiger partial charge on any atom is -0.452 e. The molecule has 34 heavy (non-hydrogen) atoms. The third-order valence-electron chi connectivity index (χ3n) is 6.52. The van der Waals surface area contributed by atoms with Gasteiger partial charge in [0.05, 0.1) is 10.5 Å². The Morgan fingerprint density at radius 2 is 1.68 bits per heavy atom. The number of hydrogen-bond acceptors (Lipinski definition) is 6. The minimum absolute atomic E-state index is 0.0473. The van der Waals surface area contributed by atoms with Crippen molar-refractivity contribution in [1.29, 1.82) is 0 Å². The average molecular weight is 486 g/mol. The summed E-state index contributed by atoms with van der Waals surface area (Å²) in [6.45, 7) is 4.20. The van der Waals surface area contributed by atoms with Crippen LogP contribution in [0.5, 0.6) is 0 Å². The van der Waals surface area contributed by atoms with Gasteiger partial charge in [0.25, 0.3) is 5.91 Å². The van der Waals surface area contributed by atoms with Crippen molar-refractivity contribution in [2.24, 2.45) is 0 Å². The van der Waals surface area contributed by atoms with Crippen molar-refractivity contribution < 1.29 is 22.7 Å². The van der Waals surface area contributed by atoms with Crippen LogP contribution in [0, 0.1) is 0 Å². The van der Waals surface area contributed by atoms with Gasteiger partial charge in [0.1, 0.15) is 0 Å². The maximum absolute atomic E-state index is 13.2. The largest absolute Gasteiger partial charge is 0.452 e. The van der Waals surface area contributed by atoms with E-state index in [2.05, 4.69) is 4.90 Å². The second-order valence-corrected chi connectivity index (χ2v) is 10.7. The molecule has 0 aliphatic carbocycles. The summed E-state index contributed by atoms with van der Waals surface area (Å²) in [4.78, 5) is 29.0.